The molecule has 2 N–H and O–H groups in total. The number of amides is 3. The predicted octanol–water partition coefficient (Wildman–Crippen LogP) is 3.99. The monoisotopic (exact) mass is 364 g/mol. The summed E-state index contributed by atoms with van der Waals surface area (Å²) in [5, 5.41) is 7.43. The van der Waals surface area contributed by atoms with Gasteiger partial charge in [-0.05, 0) is 30.2 Å². The molecule has 0 aliphatic carbocycles. The zero-order valence-electron chi connectivity index (χ0n) is 13.8. The van der Waals surface area contributed by atoms with Crippen LogP contribution in [0.4, 0.5) is 21.3 Å². The Kier molecular flexibility index (Phi) is 4.37. The number of thiazole rings is 1. The first kappa shape index (κ1) is 16.3. The number of urea groups is 1. The Balaban J connectivity index is 1.43. The minimum absolute atomic E-state index is 0.150. The van der Waals surface area contributed by atoms with Gasteiger partial charge >= 0.3 is 6.03 Å². The Labute approximate surface area is 154 Å². The van der Waals surface area contributed by atoms with Gasteiger partial charge in [0.05, 0.1) is 0 Å². The lowest BCUT2D eigenvalue weighted by molar-refractivity contribution is 0.0985. The summed E-state index contributed by atoms with van der Waals surface area (Å²) in [5.74, 6) is -0.150. The number of aromatic nitrogens is 1. The molecule has 3 amide bonds. The summed E-state index contributed by atoms with van der Waals surface area (Å²) in [4.78, 5) is 30.8. The van der Waals surface area contributed by atoms with Gasteiger partial charge in [-0.2, -0.15) is 0 Å². The highest BCUT2D eigenvalue weighted by molar-refractivity contribution is 7.14. The molecule has 26 heavy (non-hydrogen) atoms. The van der Waals surface area contributed by atoms with E-state index >= 15 is 0 Å². The van der Waals surface area contributed by atoms with Gasteiger partial charge in [0.2, 0.25) is 0 Å². The molecule has 6 nitrogen and oxygen atoms in total. The Morgan fingerprint density at radius 1 is 1.00 bits per heavy atom. The molecule has 7 heteroatoms. The first-order valence-electron chi connectivity index (χ1n) is 8.19. The van der Waals surface area contributed by atoms with Crippen molar-refractivity contribution in [2.45, 2.75) is 6.42 Å². The third-order valence-electron chi connectivity index (χ3n) is 4.11. The summed E-state index contributed by atoms with van der Waals surface area (Å²) >= 11 is 1.23. The van der Waals surface area contributed by atoms with Crippen LogP contribution in [0, 0.1) is 0 Å². The average Bonchev–Trinajstić information content (AvgIpc) is 3.29. The molecule has 0 atom stereocenters. The third kappa shape index (κ3) is 3.29. The number of nitrogens with one attached hydrogen (secondary N) is 2. The summed E-state index contributed by atoms with van der Waals surface area (Å²) < 4.78 is 0. The molecular weight excluding hydrogens is 348 g/mol. The van der Waals surface area contributed by atoms with Crippen LogP contribution in [-0.2, 0) is 6.42 Å². The lowest BCUT2D eigenvalue weighted by Gasteiger charge is -2.15. The topological polar surface area (TPSA) is 74.3 Å². The Bertz CT molecular complexity index is 955. The highest BCUT2D eigenvalue weighted by Crippen LogP contribution is 2.29. The van der Waals surface area contributed by atoms with Crippen LogP contribution in [0.5, 0.6) is 0 Å². The SMILES string of the molecule is O=C(Nc1ccccc1)Nc1nc(C(=O)N2CCc3ccccc32)cs1. The highest BCUT2D eigenvalue weighted by atomic mass is 32.1. The van der Waals surface area contributed by atoms with Crippen LogP contribution in [0.3, 0.4) is 0 Å². The zero-order chi connectivity index (χ0) is 17.9. The van der Waals surface area contributed by atoms with E-state index in [0.717, 1.165) is 17.7 Å². The van der Waals surface area contributed by atoms with Crippen molar-refractivity contribution in [1.29, 1.82) is 0 Å². The lowest BCUT2D eigenvalue weighted by Crippen LogP contribution is -2.29. The number of carbonyl (C=O) groups excluding carboxylic acids is 2. The number of nitrogens with zero attached hydrogens (tertiary/aromatic N) is 2. The van der Waals surface area contributed by atoms with E-state index in [0.29, 0.717) is 23.1 Å². The third-order valence-corrected chi connectivity index (χ3v) is 4.87. The number of hydrogen-bond donors (Lipinski definition) is 2. The number of anilines is 3. The number of fused-ring (bicyclic) bond motifs is 1. The molecule has 4 rings (SSSR count). The summed E-state index contributed by atoms with van der Waals surface area (Å²) in [6, 6.07) is 16.6. The van der Waals surface area contributed by atoms with Gasteiger partial charge in [0.25, 0.3) is 5.91 Å². The molecule has 0 saturated carbocycles. The van der Waals surface area contributed by atoms with Gasteiger partial charge in [-0.25, -0.2) is 9.78 Å². The molecule has 3 aromatic rings. The Hall–Kier alpha value is -3.19. The summed E-state index contributed by atoms with van der Waals surface area (Å²) in [7, 11) is 0. The maximum Gasteiger partial charge on any atom is 0.325 e. The molecule has 0 fully saturated rings. The van der Waals surface area contributed by atoms with E-state index in [-0.39, 0.29) is 5.91 Å². The molecule has 0 spiro atoms. The van der Waals surface area contributed by atoms with Crippen LogP contribution in [0.1, 0.15) is 16.1 Å². The van der Waals surface area contributed by atoms with Crippen molar-refractivity contribution in [2.75, 3.05) is 22.1 Å². The first-order chi connectivity index (χ1) is 12.7. The largest absolute Gasteiger partial charge is 0.325 e. The molecule has 1 aromatic heterocycles. The van der Waals surface area contributed by atoms with Crippen molar-refractivity contribution in [3.05, 3.63) is 71.2 Å². The number of carbonyl (C=O) groups is 2. The molecule has 130 valence electrons. The van der Waals surface area contributed by atoms with Crippen LogP contribution in [0.2, 0.25) is 0 Å². The molecule has 0 bridgehead atoms. The van der Waals surface area contributed by atoms with E-state index in [1.165, 1.54) is 11.3 Å². The van der Waals surface area contributed by atoms with E-state index < -0.39 is 6.03 Å². The fraction of sp³-hybridized carbons (Fsp3) is 0.105. The average molecular weight is 364 g/mol. The maximum absolute atomic E-state index is 12.7. The van der Waals surface area contributed by atoms with Crippen LogP contribution in [0.25, 0.3) is 0 Å². The standard InChI is InChI=1S/C19H16N4O2S/c24-17(23-11-10-13-6-4-5-9-16(13)23)15-12-26-19(21-15)22-18(25)20-14-7-2-1-3-8-14/h1-9,12H,10-11H2,(H2,20,21,22,25). The van der Waals surface area contributed by atoms with Gasteiger partial charge in [0.15, 0.2) is 5.13 Å². The smallest absolute Gasteiger partial charge is 0.308 e. The molecule has 2 heterocycles. The molecular formula is C19H16N4O2S. The van der Waals surface area contributed by atoms with Gasteiger partial charge < -0.3 is 10.2 Å². The highest BCUT2D eigenvalue weighted by Gasteiger charge is 2.26. The van der Waals surface area contributed by atoms with Crippen molar-refractivity contribution in [3.8, 4) is 0 Å². The lowest BCUT2D eigenvalue weighted by atomic mass is 10.2. The van der Waals surface area contributed by atoms with E-state index in [1.807, 2.05) is 42.5 Å². The van der Waals surface area contributed by atoms with E-state index in [2.05, 4.69) is 15.6 Å². The van der Waals surface area contributed by atoms with Crippen molar-refractivity contribution >= 4 is 39.8 Å². The predicted molar refractivity (Wildman–Crippen MR) is 103 cm³/mol. The fourth-order valence-corrected chi connectivity index (χ4v) is 3.58. The number of hydrogen-bond acceptors (Lipinski definition) is 4. The van der Waals surface area contributed by atoms with Gasteiger partial charge in [-0.15, -0.1) is 11.3 Å². The van der Waals surface area contributed by atoms with Crippen molar-refractivity contribution in [2.24, 2.45) is 0 Å². The van der Waals surface area contributed by atoms with Gasteiger partial charge in [0, 0.05) is 23.3 Å². The van der Waals surface area contributed by atoms with E-state index in [4.69, 9.17) is 0 Å². The summed E-state index contributed by atoms with van der Waals surface area (Å²) in [6.45, 7) is 0.646. The van der Waals surface area contributed by atoms with Crippen molar-refractivity contribution in [3.63, 3.8) is 0 Å². The Morgan fingerprint density at radius 3 is 2.62 bits per heavy atom. The molecule has 0 saturated heterocycles. The second-order valence-electron chi connectivity index (χ2n) is 5.82. The number of rotatable bonds is 3. The molecule has 1 aliphatic rings. The Morgan fingerprint density at radius 2 is 1.77 bits per heavy atom. The maximum atomic E-state index is 12.7. The minimum atomic E-state index is -0.393. The van der Waals surface area contributed by atoms with E-state index in [9.17, 15) is 9.59 Å². The van der Waals surface area contributed by atoms with Crippen molar-refractivity contribution < 1.29 is 9.59 Å². The fourth-order valence-electron chi connectivity index (χ4n) is 2.90. The van der Waals surface area contributed by atoms with Crippen LogP contribution in [0.15, 0.2) is 60.0 Å². The number of benzene rings is 2. The van der Waals surface area contributed by atoms with Crippen LogP contribution >= 0.6 is 11.3 Å². The molecule has 0 radical (unpaired) electrons. The van der Waals surface area contributed by atoms with Crippen LogP contribution in [-0.4, -0.2) is 23.5 Å². The molecule has 0 unspecified atom stereocenters. The zero-order valence-corrected chi connectivity index (χ0v) is 14.6. The van der Waals surface area contributed by atoms with Gasteiger partial charge in [0.1, 0.15) is 5.69 Å². The van der Waals surface area contributed by atoms with Crippen molar-refractivity contribution in [1.82, 2.24) is 4.98 Å². The number of para-hydroxylation sites is 2. The van der Waals surface area contributed by atoms with Gasteiger partial charge in [-0.3, -0.25) is 10.1 Å². The summed E-state index contributed by atoms with van der Waals surface area (Å²) in [6.07, 6.45) is 0.844. The normalized spacial score (nSPS) is 12.5. The molecule has 2 aromatic carbocycles. The second kappa shape index (κ2) is 6.97. The second-order valence-corrected chi connectivity index (χ2v) is 6.68. The summed E-state index contributed by atoms with van der Waals surface area (Å²) in [5.41, 5.74) is 3.12. The van der Waals surface area contributed by atoms with Crippen LogP contribution < -0.4 is 15.5 Å². The first-order valence-corrected chi connectivity index (χ1v) is 9.07. The molecule has 1 aliphatic heterocycles. The van der Waals surface area contributed by atoms with E-state index in [1.54, 1.807) is 22.4 Å². The quantitative estimate of drug-likeness (QED) is 0.738. The van der Waals surface area contributed by atoms with Gasteiger partial charge in [-0.1, -0.05) is 36.4 Å². The minimum Gasteiger partial charge on any atom is -0.308 e.